The van der Waals surface area contributed by atoms with Gasteiger partial charge >= 0.3 is 0 Å². The number of benzene rings is 2. The number of rotatable bonds is 8. The first-order valence-corrected chi connectivity index (χ1v) is 11.4. The minimum absolute atomic E-state index is 0.538. The zero-order valence-electron chi connectivity index (χ0n) is 18.5. The molecule has 1 fully saturated rings. The third kappa shape index (κ3) is 5.96. The predicted octanol–water partition coefficient (Wildman–Crippen LogP) is 4.78. The summed E-state index contributed by atoms with van der Waals surface area (Å²) in [6.45, 7) is 6.33. The van der Waals surface area contributed by atoms with Gasteiger partial charge in [0.05, 0.1) is 5.69 Å². The fraction of sp³-hybridized carbons (Fsp3) is 0.385. The number of piperazine rings is 1. The zero-order chi connectivity index (χ0) is 22.3. The largest absolute Gasteiger partial charge is 0.314 e. The minimum atomic E-state index is -0.538. The lowest BCUT2D eigenvalue weighted by molar-refractivity contribution is 0.149. The molecule has 0 bridgehead atoms. The van der Waals surface area contributed by atoms with E-state index in [2.05, 4.69) is 46.4 Å². The highest BCUT2D eigenvalue weighted by Gasteiger charge is 2.20. The number of aryl methyl sites for hydroxylation is 2. The van der Waals surface area contributed by atoms with Crippen molar-refractivity contribution < 1.29 is 8.78 Å². The molecule has 2 aromatic carbocycles. The number of halogens is 2. The van der Waals surface area contributed by atoms with E-state index in [1.165, 1.54) is 17.7 Å². The van der Waals surface area contributed by atoms with Gasteiger partial charge in [-0.2, -0.15) is 0 Å². The van der Waals surface area contributed by atoms with Gasteiger partial charge in [-0.05, 0) is 54.7 Å². The molecule has 3 aromatic rings. The van der Waals surface area contributed by atoms with E-state index in [1.807, 2.05) is 6.07 Å². The van der Waals surface area contributed by atoms with Crippen molar-refractivity contribution in [1.29, 1.82) is 0 Å². The Hall–Kier alpha value is -2.70. The van der Waals surface area contributed by atoms with Crippen molar-refractivity contribution in [2.75, 3.05) is 19.6 Å². The Morgan fingerprint density at radius 1 is 1.03 bits per heavy atom. The van der Waals surface area contributed by atoms with Crippen LogP contribution in [0, 0.1) is 11.6 Å². The fourth-order valence-corrected chi connectivity index (χ4v) is 4.36. The summed E-state index contributed by atoms with van der Waals surface area (Å²) in [5.74, 6) is -0.327. The average Bonchev–Trinajstić information content (AvgIpc) is 2.79. The summed E-state index contributed by atoms with van der Waals surface area (Å²) in [7, 11) is 0. The molecule has 6 heteroatoms. The zero-order valence-corrected chi connectivity index (χ0v) is 18.5. The molecule has 32 heavy (non-hydrogen) atoms. The van der Waals surface area contributed by atoms with Crippen molar-refractivity contribution in [2.24, 2.45) is 0 Å². The SMILES string of the molecule is CC[C@H]1CNCCN1Cc1cccc(-c2ccnc(CCCc3cc(F)cc(F)c3)n2)c1. The van der Waals surface area contributed by atoms with Gasteiger partial charge in [0.1, 0.15) is 17.5 Å². The highest BCUT2D eigenvalue weighted by atomic mass is 19.1. The van der Waals surface area contributed by atoms with Gasteiger partial charge in [0.15, 0.2) is 0 Å². The molecular weight excluding hydrogens is 406 g/mol. The standard InChI is InChI=1S/C26H30F2N4/c1-2-24-17-29-11-12-32(24)18-20-6-3-7-21(13-20)25-9-10-30-26(31-25)8-4-5-19-14-22(27)16-23(28)15-19/h3,6-7,9-10,13-16,24,29H,2,4-5,8,11-12,17-18H2,1H3/t24-/m0/s1. The molecule has 4 rings (SSSR count). The summed E-state index contributed by atoms with van der Waals surface area (Å²) in [5, 5.41) is 3.48. The normalized spacial score (nSPS) is 16.9. The van der Waals surface area contributed by atoms with Crippen LogP contribution in [-0.4, -0.2) is 40.5 Å². The summed E-state index contributed by atoms with van der Waals surface area (Å²) >= 11 is 0. The molecule has 1 aromatic heterocycles. The number of nitrogens with one attached hydrogen (secondary N) is 1. The second kappa shape index (κ2) is 10.7. The maximum Gasteiger partial charge on any atom is 0.128 e. The Morgan fingerprint density at radius 3 is 2.69 bits per heavy atom. The molecule has 1 saturated heterocycles. The van der Waals surface area contributed by atoms with E-state index in [9.17, 15) is 8.78 Å². The second-order valence-corrected chi connectivity index (χ2v) is 8.43. The van der Waals surface area contributed by atoms with Gasteiger partial charge in [0.25, 0.3) is 0 Å². The lowest BCUT2D eigenvalue weighted by atomic mass is 10.0. The summed E-state index contributed by atoms with van der Waals surface area (Å²) in [4.78, 5) is 11.7. The van der Waals surface area contributed by atoms with Crippen LogP contribution in [0.4, 0.5) is 8.78 Å². The van der Waals surface area contributed by atoms with Crippen LogP contribution in [0.2, 0.25) is 0 Å². The second-order valence-electron chi connectivity index (χ2n) is 8.43. The Balaban J connectivity index is 1.41. The van der Waals surface area contributed by atoms with Gasteiger partial charge in [-0.1, -0.05) is 25.1 Å². The lowest BCUT2D eigenvalue weighted by Gasteiger charge is -2.35. The average molecular weight is 437 g/mol. The van der Waals surface area contributed by atoms with E-state index in [4.69, 9.17) is 4.98 Å². The molecule has 1 aliphatic heterocycles. The Labute approximate surface area is 188 Å². The smallest absolute Gasteiger partial charge is 0.128 e. The number of hydrogen-bond donors (Lipinski definition) is 1. The molecule has 0 aliphatic carbocycles. The van der Waals surface area contributed by atoms with Crippen molar-refractivity contribution in [3.8, 4) is 11.3 Å². The highest BCUT2D eigenvalue weighted by Crippen LogP contribution is 2.21. The van der Waals surface area contributed by atoms with Crippen LogP contribution in [0.5, 0.6) is 0 Å². The van der Waals surface area contributed by atoms with Crippen LogP contribution in [0.1, 0.15) is 36.7 Å². The van der Waals surface area contributed by atoms with Gasteiger partial charge in [0.2, 0.25) is 0 Å². The highest BCUT2D eigenvalue weighted by molar-refractivity contribution is 5.59. The molecule has 1 N–H and O–H groups in total. The van der Waals surface area contributed by atoms with Crippen LogP contribution in [0.3, 0.4) is 0 Å². The van der Waals surface area contributed by atoms with Gasteiger partial charge < -0.3 is 5.32 Å². The Kier molecular flexibility index (Phi) is 7.55. The fourth-order valence-electron chi connectivity index (χ4n) is 4.36. The van der Waals surface area contributed by atoms with Crippen molar-refractivity contribution in [3.05, 3.63) is 83.3 Å². The molecule has 4 nitrogen and oxygen atoms in total. The topological polar surface area (TPSA) is 41.0 Å². The molecule has 1 atom stereocenters. The Bertz CT molecular complexity index is 1020. The van der Waals surface area contributed by atoms with Gasteiger partial charge in [-0.25, -0.2) is 18.7 Å². The molecule has 0 spiro atoms. The molecule has 0 saturated carbocycles. The Morgan fingerprint density at radius 2 is 1.88 bits per heavy atom. The number of hydrogen-bond acceptors (Lipinski definition) is 4. The van der Waals surface area contributed by atoms with E-state index in [-0.39, 0.29) is 0 Å². The first kappa shape index (κ1) is 22.5. The monoisotopic (exact) mass is 436 g/mol. The van der Waals surface area contributed by atoms with Crippen molar-refractivity contribution in [1.82, 2.24) is 20.2 Å². The summed E-state index contributed by atoms with van der Waals surface area (Å²) in [6.07, 6.45) is 4.90. The van der Waals surface area contributed by atoms with Gasteiger partial charge in [0, 0.05) is 56.5 Å². The number of aromatic nitrogens is 2. The van der Waals surface area contributed by atoms with Crippen molar-refractivity contribution in [3.63, 3.8) is 0 Å². The third-order valence-electron chi connectivity index (χ3n) is 6.05. The van der Waals surface area contributed by atoms with E-state index in [0.717, 1.165) is 62.2 Å². The molecule has 1 aliphatic rings. The van der Waals surface area contributed by atoms with Crippen LogP contribution < -0.4 is 5.32 Å². The molecule has 0 amide bonds. The number of nitrogens with zero attached hydrogens (tertiary/aromatic N) is 3. The quantitative estimate of drug-likeness (QED) is 0.552. The van der Waals surface area contributed by atoms with E-state index < -0.39 is 11.6 Å². The maximum absolute atomic E-state index is 13.4. The van der Waals surface area contributed by atoms with Crippen LogP contribution in [0.15, 0.2) is 54.7 Å². The summed E-state index contributed by atoms with van der Waals surface area (Å²) < 4.78 is 26.7. The first-order valence-electron chi connectivity index (χ1n) is 11.4. The molecule has 168 valence electrons. The van der Waals surface area contributed by atoms with E-state index in [1.54, 1.807) is 6.20 Å². The maximum atomic E-state index is 13.4. The van der Waals surface area contributed by atoms with Crippen LogP contribution in [0.25, 0.3) is 11.3 Å². The molecular formula is C26H30F2N4. The predicted molar refractivity (Wildman–Crippen MR) is 123 cm³/mol. The summed E-state index contributed by atoms with van der Waals surface area (Å²) in [6, 6.07) is 14.7. The third-order valence-corrected chi connectivity index (χ3v) is 6.05. The van der Waals surface area contributed by atoms with E-state index >= 15 is 0 Å². The summed E-state index contributed by atoms with van der Waals surface area (Å²) in [5.41, 5.74) is 3.93. The van der Waals surface area contributed by atoms with Crippen molar-refractivity contribution in [2.45, 2.75) is 45.2 Å². The molecule has 0 radical (unpaired) electrons. The van der Waals surface area contributed by atoms with Crippen LogP contribution in [-0.2, 0) is 19.4 Å². The minimum Gasteiger partial charge on any atom is -0.314 e. The van der Waals surface area contributed by atoms with Gasteiger partial charge in [-0.15, -0.1) is 0 Å². The van der Waals surface area contributed by atoms with E-state index in [0.29, 0.717) is 24.4 Å². The lowest BCUT2D eigenvalue weighted by Crippen LogP contribution is -2.50. The first-order chi connectivity index (χ1) is 15.6. The van der Waals surface area contributed by atoms with Crippen molar-refractivity contribution >= 4 is 0 Å². The van der Waals surface area contributed by atoms with Gasteiger partial charge in [-0.3, -0.25) is 4.90 Å². The van der Waals surface area contributed by atoms with Crippen LogP contribution >= 0.6 is 0 Å². The molecule has 0 unspecified atom stereocenters. The molecule has 2 heterocycles.